The third kappa shape index (κ3) is 2.90. The molecule has 4 rings (SSSR count). The first-order chi connectivity index (χ1) is 11.8. The summed E-state index contributed by atoms with van der Waals surface area (Å²) in [7, 11) is 0. The second-order valence-electron chi connectivity index (χ2n) is 5.61. The van der Waals surface area contributed by atoms with Gasteiger partial charge in [0, 0.05) is 13.0 Å². The standard InChI is InChI=1S/C18H17N3O3/c22-18(16-11-23-14-7-3-4-8-15(14)24-16)19-10-9-17-20-12-5-1-2-6-13(12)21-17/h1-8,16H,9-11H2,(H,19,22)(H,20,21)/t16-/m1/s1. The lowest BCUT2D eigenvalue weighted by Gasteiger charge is -2.25. The van der Waals surface area contributed by atoms with Crippen molar-refractivity contribution in [2.24, 2.45) is 0 Å². The van der Waals surface area contributed by atoms with Gasteiger partial charge < -0.3 is 19.8 Å². The second-order valence-corrected chi connectivity index (χ2v) is 5.61. The van der Waals surface area contributed by atoms with Crippen LogP contribution in [0.15, 0.2) is 48.5 Å². The highest BCUT2D eigenvalue weighted by Crippen LogP contribution is 2.30. The van der Waals surface area contributed by atoms with Gasteiger partial charge in [-0.2, -0.15) is 0 Å². The maximum absolute atomic E-state index is 12.2. The van der Waals surface area contributed by atoms with Gasteiger partial charge in [-0.15, -0.1) is 0 Å². The van der Waals surface area contributed by atoms with E-state index in [0.717, 1.165) is 16.9 Å². The summed E-state index contributed by atoms with van der Waals surface area (Å²) in [5.74, 6) is 1.94. The highest BCUT2D eigenvalue weighted by atomic mass is 16.6. The van der Waals surface area contributed by atoms with Crippen LogP contribution in [0.5, 0.6) is 11.5 Å². The van der Waals surface area contributed by atoms with Crippen LogP contribution in [0.4, 0.5) is 0 Å². The summed E-state index contributed by atoms with van der Waals surface area (Å²) < 4.78 is 11.2. The fraction of sp³-hybridized carbons (Fsp3) is 0.222. The predicted molar refractivity (Wildman–Crippen MR) is 89.2 cm³/mol. The van der Waals surface area contributed by atoms with Crippen LogP contribution in [-0.2, 0) is 11.2 Å². The zero-order chi connectivity index (χ0) is 16.4. The van der Waals surface area contributed by atoms with Crippen LogP contribution in [0, 0.1) is 0 Å². The van der Waals surface area contributed by atoms with Crippen molar-refractivity contribution < 1.29 is 14.3 Å². The van der Waals surface area contributed by atoms with Gasteiger partial charge in [0.1, 0.15) is 12.4 Å². The number of imidazole rings is 1. The van der Waals surface area contributed by atoms with Crippen LogP contribution in [-0.4, -0.2) is 35.1 Å². The van der Waals surface area contributed by atoms with Crippen LogP contribution in [0.3, 0.4) is 0 Å². The Hall–Kier alpha value is -3.02. The number of hydrogen-bond donors (Lipinski definition) is 2. The van der Waals surface area contributed by atoms with E-state index in [1.807, 2.05) is 42.5 Å². The average Bonchev–Trinajstić information content (AvgIpc) is 3.04. The van der Waals surface area contributed by atoms with Gasteiger partial charge in [0.25, 0.3) is 5.91 Å². The molecule has 2 heterocycles. The zero-order valence-electron chi connectivity index (χ0n) is 13.0. The number of benzene rings is 2. The molecule has 2 aromatic carbocycles. The van der Waals surface area contributed by atoms with E-state index in [2.05, 4.69) is 15.3 Å². The molecule has 0 fully saturated rings. The molecule has 6 heteroatoms. The highest BCUT2D eigenvalue weighted by Gasteiger charge is 2.26. The van der Waals surface area contributed by atoms with Crippen LogP contribution in [0.2, 0.25) is 0 Å². The summed E-state index contributed by atoms with van der Waals surface area (Å²) >= 11 is 0. The number of fused-ring (bicyclic) bond motifs is 2. The molecule has 1 aliphatic rings. The van der Waals surface area contributed by atoms with Gasteiger partial charge in [0.05, 0.1) is 11.0 Å². The highest BCUT2D eigenvalue weighted by molar-refractivity contribution is 5.81. The van der Waals surface area contributed by atoms with Gasteiger partial charge >= 0.3 is 0 Å². The van der Waals surface area contributed by atoms with Crippen molar-refractivity contribution in [2.45, 2.75) is 12.5 Å². The van der Waals surface area contributed by atoms with E-state index in [9.17, 15) is 4.79 Å². The number of hydrogen-bond acceptors (Lipinski definition) is 4. The van der Waals surface area contributed by atoms with Gasteiger partial charge in [-0.05, 0) is 24.3 Å². The molecular formula is C18H17N3O3. The molecule has 1 amide bonds. The zero-order valence-corrected chi connectivity index (χ0v) is 13.0. The van der Waals surface area contributed by atoms with Crippen LogP contribution >= 0.6 is 0 Å². The van der Waals surface area contributed by atoms with Gasteiger partial charge in [-0.1, -0.05) is 24.3 Å². The molecule has 24 heavy (non-hydrogen) atoms. The van der Waals surface area contributed by atoms with Crippen LogP contribution in [0.1, 0.15) is 5.82 Å². The number of carbonyl (C=O) groups excluding carboxylic acids is 1. The van der Waals surface area contributed by atoms with Crippen LogP contribution < -0.4 is 14.8 Å². The fourth-order valence-electron chi connectivity index (χ4n) is 2.69. The number of para-hydroxylation sites is 4. The van der Waals surface area contributed by atoms with Crippen molar-refractivity contribution in [1.29, 1.82) is 0 Å². The summed E-state index contributed by atoms with van der Waals surface area (Å²) in [5, 5.41) is 2.87. The van der Waals surface area contributed by atoms with E-state index in [1.54, 1.807) is 6.07 Å². The number of nitrogens with zero attached hydrogens (tertiary/aromatic N) is 1. The molecule has 1 atom stereocenters. The number of amides is 1. The molecule has 1 aromatic heterocycles. The number of rotatable bonds is 4. The molecule has 0 spiro atoms. The quantitative estimate of drug-likeness (QED) is 0.770. The first-order valence-electron chi connectivity index (χ1n) is 7.89. The normalized spacial score (nSPS) is 16.1. The molecule has 2 N–H and O–H groups in total. The first kappa shape index (κ1) is 14.6. The number of carbonyl (C=O) groups is 1. The van der Waals surface area contributed by atoms with Crippen LogP contribution in [0.25, 0.3) is 11.0 Å². The Morgan fingerprint density at radius 3 is 2.83 bits per heavy atom. The Balaban J connectivity index is 1.32. The molecule has 6 nitrogen and oxygen atoms in total. The minimum Gasteiger partial charge on any atom is -0.485 e. The number of aromatic amines is 1. The Bertz CT molecular complexity index is 842. The van der Waals surface area contributed by atoms with Gasteiger partial charge in [-0.25, -0.2) is 4.98 Å². The Kier molecular flexibility index (Phi) is 3.78. The Labute approximate surface area is 138 Å². The summed E-state index contributed by atoms with van der Waals surface area (Å²) in [6.45, 7) is 0.702. The number of nitrogens with one attached hydrogen (secondary N) is 2. The van der Waals surface area contributed by atoms with Gasteiger partial charge in [-0.3, -0.25) is 4.79 Å². The second kappa shape index (κ2) is 6.23. The summed E-state index contributed by atoms with van der Waals surface area (Å²) in [5.41, 5.74) is 1.93. The molecule has 1 aliphatic heterocycles. The average molecular weight is 323 g/mol. The number of aromatic nitrogens is 2. The minimum atomic E-state index is -0.629. The topological polar surface area (TPSA) is 76.2 Å². The minimum absolute atomic E-state index is 0.180. The Morgan fingerprint density at radius 1 is 1.17 bits per heavy atom. The van der Waals surface area contributed by atoms with E-state index in [0.29, 0.717) is 24.5 Å². The maximum atomic E-state index is 12.2. The monoisotopic (exact) mass is 323 g/mol. The fourth-order valence-corrected chi connectivity index (χ4v) is 2.69. The van der Waals surface area contributed by atoms with E-state index >= 15 is 0 Å². The number of H-pyrrole nitrogens is 1. The SMILES string of the molecule is O=C(NCCc1nc2ccccc2[nH]1)[C@H]1COc2ccccc2O1. The van der Waals surface area contributed by atoms with Crippen molar-refractivity contribution in [3.8, 4) is 11.5 Å². The molecule has 0 saturated carbocycles. The van der Waals surface area contributed by atoms with E-state index in [4.69, 9.17) is 9.47 Å². The molecule has 0 bridgehead atoms. The lowest BCUT2D eigenvalue weighted by molar-refractivity contribution is -0.130. The van der Waals surface area contributed by atoms with Crippen molar-refractivity contribution >= 4 is 16.9 Å². The lowest BCUT2D eigenvalue weighted by atomic mass is 10.2. The molecule has 0 aliphatic carbocycles. The van der Waals surface area contributed by atoms with Crippen molar-refractivity contribution in [2.75, 3.05) is 13.2 Å². The number of ether oxygens (including phenoxy) is 2. The van der Waals surface area contributed by atoms with E-state index < -0.39 is 6.10 Å². The summed E-state index contributed by atoms with van der Waals surface area (Å²) in [6, 6.07) is 15.2. The molecule has 122 valence electrons. The summed E-state index contributed by atoms with van der Waals surface area (Å²) in [6.07, 6.45) is 0.000449. The molecule has 3 aromatic rings. The van der Waals surface area contributed by atoms with Crippen molar-refractivity contribution in [3.05, 3.63) is 54.4 Å². The summed E-state index contributed by atoms with van der Waals surface area (Å²) in [4.78, 5) is 20.0. The third-order valence-electron chi connectivity index (χ3n) is 3.90. The van der Waals surface area contributed by atoms with Crippen molar-refractivity contribution in [1.82, 2.24) is 15.3 Å². The van der Waals surface area contributed by atoms with Gasteiger partial charge in [0.15, 0.2) is 11.5 Å². The molecular weight excluding hydrogens is 306 g/mol. The third-order valence-corrected chi connectivity index (χ3v) is 3.90. The molecule has 0 unspecified atom stereocenters. The first-order valence-corrected chi connectivity index (χ1v) is 7.89. The van der Waals surface area contributed by atoms with E-state index in [1.165, 1.54) is 0 Å². The smallest absolute Gasteiger partial charge is 0.264 e. The molecule has 0 radical (unpaired) electrons. The lowest BCUT2D eigenvalue weighted by Crippen LogP contribution is -2.44. The Morgan fingerprint density at radius 2 is 1.96 bits per heavy atom. The van der Waals surface area contributed by atoms with E-state index in [-0.39, 0.29) is 12.5 Å². The predicted octanol–water partition coefficient (Wildman–Crippen LogP) is 2.06. The van der Waals surface area contributed by atoms with Gasteiger partial charge in [0.2, 0.25) is 6.10 Å². The maximum Gasteiger partial charge on any atom is 0.264 e. The molecule has 0 saturated heterocycles. The van der Waals surface area contributed by atoms with Crippen molar-refractivity contribution in [3.63, 3.8) is 0 Å². The largest absolute Gasteiger partial charge is 0.485 e.